The fourth-order valence-corrected chi connectivity index (χ4v) is 2.07. The van der Waals surface area contributed by atoms with Crippen LogP contribution in [-0.2, 0) is 11.4 Å². The van der Waals surface area contributed by atoms with Gasteiger partial charge in [-0.05, 0) is 43.7 Å². The highest BCUT2D eigenvalue weighted by Crippen LogP contribution is 2.15. The Labute approximate surface area is 141 Å². The van der Waals surface area contributed by atoms with E-state index < -0.39 is 17.9 Å². The number of carboxylic acids is 1. The van der Waals surface area contributed by atoms with Crippen molar-refractivity contribution < 1.29 is 19.4 Å². The van der Waals surface area contributed by atoms with Gasteiger partial charge in [0.1, 0.15) is 12.4 Å². The molecule has 5 heteroatoms. The van der Waals surface area contributed by atoms with Crippen LogP contribution >= 0.6 is 0 Å². The molecule has 24 heavy (non-hydrogen) atoms. The number of carboxylic acid groups (broad SMARTS) is 1. The fourth-order valence-electron chi connectivity index (χ4n) is 2.07. The highest BCUT2D eigenvalue weighted by atomic mass is 16.5. The van der Waals surface area contributed by atoms with Crippen molar-refractivity contribution in [2.75, 3.05) is 0 Å². The van der Waals surface area contributed by atoms with Gasteiger partial charge >= 0.3 is 5.97 Å². The van der Waals surface area contributed by atoms with Gasteiger partial charge in [0.25, 0.3) is 5.91 Å². The molecule has 0 saturated heterocycles. The summed E-state index contributed by atoms with van der Waals surface area (Å²) in [6, 6.07) is 16.1. The fraction of sp³-hybridized carbons (Fsp3) is 0.263. The summed E-state index contributed by atoms with van der Waals surface area (Å²) in [6.45, 7) is 3.70. The van der Waals surface area contributed by atoms with E-state index >= 15 is 0 Å². The van der Waals surface area contributed by atoms with Gasteiger partial charge in [-0.15, -0.1) is 0 Å². The number of aliphatic carboxylic acids is 1. The molecule has 0 bridgehead atoms. The molecule has 2 unspecified atom stereocenters. The quantitative estimate of drug-likeness (QED) is 0.819. The standard InChI is InChI=1S/C19H21NO4/c1-13(19(22)23)14(2)20-18(21)16-8-10-17(11-9-16)24-12-15-6-4-3-5-7-15/h3-11,13-14H,12H2,1-2H3,(H,20,21)(H,22,23). The number of amides is 1. The van der Waals surface area contributed by atoms with E-state index in [1.807, 2.05) is 30.3 Å². The lowest BCUT2D eigenvalue weighted by atomic mass is 10.0. The van der Waals surface area contributed by atoms with Crippen molar-refractivity contribution in [3.63, 3.8) is 0 Å². The smallest absolute Gasteiger partial charge is 0.308 e. The third-order valence-electron chi connectivity index (χ3n) is 3.86. The monoisotopic (exact) mass is 327 g/mol. The molecule has 1 amide bonds. The van der Waals surface area contributed by atoms with Gasteiger partial charge in [-0.2, -0.15) is 0 Å². The van der Waals surface area contributed by atoms with E-state index in [9.17, 15) is 9.59 Å². The van der Waals surface area contributed by atoms with Crippen LogP contribution in [0.4, 0.5) is 0 Å². The molecule has 0 aliphatic rings. The first-order chi connectivity index (χ1) is 11.5. The molecule has 0 saturated carbocycles. The second-order valence-electron chi connectivity index (χ2n) is 5.69. The predicted octanol–water partition coefficient (Wildman–Crippen LogP) is 3.10. The van der Waals surface area contributed by atoms with Gasteiger partial charge in [-0.1, -0.05) is 30.3 Å². The summed E-state index contributed by atoms with van der Waals surface area (Å²) in [5.41, 5.74) is 1.53. The van der Waals surface area contributed by atoms with Crippen molar-refractivity contribution >= 4 is 11.9 Å². The van der Waals surface area contributed by atoms with Gasteiger partial charge in [0.15, 0.2) is 0 Å². The molecule has 0 fully saturated rings. The lowest BCUT2D eigenvalue weighted by molar-refractivity contribution is -0.141. The van der Waals surface area contributed by atoms with Crippen molar-refractivity contribution in [1.82, 2.24) is 5.32 Å². The first-order valence-corrected chi connectivity index (χ1v) is 7.78. The highest BCUT2D eigenvalue weighted by molar-refractivity contribution is 5.94. The van der Waals surface area contributed by atoms with Gasteiger partial charge in [0, 0.05) is 11.6 Å². The Balaban J connectivity index is 1.91. The van der Waals surface area contributed by atoms with Crippen molar-refractivity contribution in [3.8, 4) is 5.75 Å². The Morgan fingerprint density at radius 2 is 1.67 bits per heavy atom. The number of rotatable bonds is 7. The third-order valence-corrected chi connectivity index (χ3v) is 3.86. The summed E-state index contributed by atoms with van der Waals surface area (Å²) in [4.78, 5) is 23.1. The minimum atomic E-state index is -0.938. The van der Waals surface area contributed by atoms with E-state index in [-0.39, 0.29) is 5.91 Å². The van der Waals surface area contributed by atoms with Crippen molar-refractivity contribution in [3.05, 3.63) is 65.7 Å². The minimum Gasteiger partial charge on any atom is -0.489 e. The second-order valence-corrected chi connectivity index (χ2v) is 5.69. The zero-order chi connectivity index (χ0) is 17.5. The van der Waals surface area contributed by atoms with Crippen LogP contribution in [0.25, 0.3) is 0 Å². The summed E-state index contributed by atoms with van der Waals surface area (Å²) < 4.78 is 5.67. The number of hydrogen-bond acceptors (Lipinski definition) is 3. The average molecular weight is 327 g/mol. The Hall–Kier alpha value is -2.82. The summed E-state index contributed by atoms with van der Waals surface area (Å²) in [5.74, 6) is -1.22. The Kier molecular flexibility index (Phi) is 5.95. The molecule has 5 nitrogen and oxygen atoms in total. The third kappa shape index (κ3) is 4.84. The van der Waals surface area contributed by atoms with Gasteiger partial charge < -0.3 is 15.2 Å². The van der Waals surface area contributed by atoms with Gasteiger partial charge in [0.2, 0.25) is 0 Å². The second kappa shape index (κ2) is 8.15. The van der Waals surface area contributed by atoms with Crippen LogP contribution in [0.2, 0.25) is 0 Å². The molecule has 2 aromatic rings. The van der Waals surface area contributed by atoms with Crippen LogP contribution in [0.1, 0.15) is 29.8 Å². The van der Waals surface area contributed by atoms with Gasteiger partial charge in [-0.3, -0.25) is 9.59 Å². The van der Waals surface area contributed by atoms with Crippen LogP contribution < -0.4 is 10.1 Å². The van der Waals surface area contributed by atoms with Crippen LogP contribution in [-0.4, -0.2) is 23.0 Å². The minimum absolute atomic E-state index is 0.301. The summed E-state index contributed by atoms with van der Waals surface area (Å²) in [7, 11) is 0. The first kappa shape index (κ1) is 17.5. The molecule has 126 valence electrons. The Morgan fingerprint density at radius 3 is 2.25 bits per heavy atom. The van der Waals surface area contributed by atoms with E-state index in [0.29, 0.717) is 17.9 Å². The molecule has 0 radical (unpaired) electrons. The average Bonchev–Trinajstić information content (AvgIpc) is 2.60. The SMILES string of the molecule is CC(NC(=O)c1ccc(OCc2ccccc2)cc1)C(C)C(=O)O. The predicted molar refractivity (Wildman–Crippen MR) is 90.9 cm³/mol. The van der Waals surface area contributed by atoms with E-state index in [4.69, 9.17) is 9.84 Å². The lowest BCUT2D eigenvalue weighted by Crippen LogP contribution is -2.40. The van der Waals surface area contributed by atoms with Crippen molar-refractivity contribution in [2.45, 2.75) is 26.5 Å². The maximum atomic E-state index is 12.1. The zero-order valence-electron chi connectivity index (χ0n) is 13.7. The molecule has 0 aromatic heterocycles. The number of benzene rings is 2. The Bertz CT molecular complexity index is 682. The number of carbonyl (C=O) groups is 2. The van der Waals surface area contributed by atoms with Crippen molar-refractivity contribution in [2.24, 2.45) is 5.92 Å². The number of nitrogens with one attached hydrogen (secondary N) is 1. The van der Waals surface area contributed by atoms with E-state index in [1.165, 1.54) is 0 Å². The molecule has 0 heterocycles. The molecular weight excluding hydrogens is 306 g/mol. The van der Waals surface area contributed by atoms with Crippen molar-refractivity contribution in [1.29, 1.82) is 0 Å². The van der Waals surface area contributed by atoms with E-state index in [0.717, 1.165) is 5.56 Å². The van der Waals surface area contributed by atoms with E-state index in [2.05, 4.69) is 5.32 Å². The lowest BCUT2D eigenvalue weighted by Gasteiger charge is -2.17. The summed E-state index contributed by atoms with van der Waals surface area (Å²) >= 11 is 0. The molecule has 2 aromatic carbocycles. The number of carbonyl (C=O) groups excluding carboxylic acids is 1. The molecule has 2 rings (SSSR count). The summed E-state index contributed by atoms with van der Waals surface area (Å²) in [5, 5.41) is 11.7. The topological polar surface area (TPSA) is 75.6 Å². The number of ether oxygens (including phenoxy) is 1. The van der Waals surface area contributed by atoms with Gasteiger partial charge in [0.05, 0.1) is 5.92 Å². The number of hydrogen-bond donors (Lipinski definition) is 2. The molecule has 0 spiro atoms. The highest BCUT2D eigenvalue weighted by Gasteiger charge is 2.21. The molecule has 2 N–H and O–H groups in total. The molecule has 2 atom stereocenters. The maximum Gasteiger partial charge on any atom is 0.308 e. The van der Waals surface area contributed by atoms with Gasteiger partial charge in [-0.25, -0.2) is 0 Å². The summed E-state index contributed by atoms with van der Waals surface area (Å²) in [6.07, 6.45) is 0. The molecule has 0 aliphatic heterocycles. The van der Waals surface area contributed by atoms with Crippen LogP contribution in [0.3, 0.4) is 0 Å². The van der Waals surface area contributed by atoms with Crippen LogP contribution in [0.5, 0.6) is 5.75 Å². The molecule has 0 aliphatic carbocycles. The molecular formula is C19H21NO4. The maximum absolute atomic E-state index is 12.1. The Morgan fingerprint density at radius 1 is 1.04 bits per heavy atom. The van der Waals surface area contributed by atoms with Crippen LogP contribution in [0.15, 0.2) is 54.6 Å². The van der Waals surface area contributed by atoms with E-state index in [1.54, 1.807) is 38.1 Å². The largest absolute Gasteiger partial charge is 0.489 e. The van der Waals surface area contributed by atoms with Crippen LogP contribution in [0, 0.1) is 5.92 Å². The first-order valence-electron chi connectivity index (χ1n) is 7.78. The normalized spacial score (nSPS) is 12.9. The zero-order valence-corrected chi connectivity index (χ0v) is 13.7.